The van der Waals surface area contributed by atoms with E-state index in [0.717, 1.165) is 12.3 Å². The van der Waals surface area contributed by atoms with Crippen LogP contribution in [-0.2, 0) is 0 Å². The topological polar surface area (TPSA) is 20.2 Å². The van der Waals surface area contributed by atoms with Crippen molar-refractivity contribution >= 4 is 15.0 Å². The van der Waals surface area contributed by atoms with E-state index in [1.165, 1.54) is 23.5 Å². The molecule has 0 spiro atoms. The molecule has 0 saturated heterocycles. The van der Waals surface area contributed by atoms with Crippen molar-refractivity contribution in [2.45, 2.75) is 63.7 Å². The Morgan fingerprint density at radius 3 is 2.61 bits per heavy atom. The van der Waals surface area contributed by atoms with E-state index < -0.39 is 0 Å². The second-order valence-electron chi connectivity index (χ2n) is 7.05. The third-order valence-electron chi connectivity index (χ3n) is 5.48. The van der Waals surface area contributed by atoms with Gasteiger partial charge in [0.05, 0.1) is 0 Å². The molecule has 104 valence electrons. The molecule has 0 radical (unpaired) electrons. The molecule has 0 amide bonds. The fourth-order valence-corrected chi connectivity index (χ4v) is 7.03. The molecule has 0 aromatic rings. The van der Waals surface area contributed by atoms with Gasteiger partial charge in [-0.3, -0.25) is 0 Å². The summed E-state index contributed by atoms with van der Waals surface area (Å²) in [6.45, 7) is 9.27. The van der Waals surface area contributed by atoms with Crippen molar-refractivity contribution in [2.75, 3.05) is 0 Å². The molecule has 0 unspecified atom stereocenters. The van der Waals surface area contributed by atoms with Gasteiger partial charge in [0, 0.05) is 0 Å². The van der Waals surface area contributed by atoms with E-state index >= 15 is 0 Å². The van der Waals surface area contributed by atoms with Gasteiger partial charge in [0.25, 0.3) is 0 Å². The quantitative estimate of drug-likeness (QED) is 0.463. The molecule has 2 fully saturated rings. The summed E-state index contributed by atoms with van der Waals surface area (Å²) in [4.78, 5) is 0. The summed E-state index contributed by atoms with van der Waals surface area (Å²) < 4.78 is 0. The van der Waals surface area contributed by atoms with Gasteiger partial charge < -0.3 is 0 Å². The van der Waals surface area contributed by atoms with E-state index in [4.69, 9.17) is 0 Å². The fraction of sp³-hybridized carbons (Fsp3) is 0.875. The SMILES string of the molecule is CC(C)/C=C/C[Se]C[C@]12CC[C@H](C[C@H]1O)C2(C)C. The zero-order valence-electron chi connectivity index (χ0n) is 12.3. The van der Waals surface area contributed by atoms with Crippen molar-refractivity contribution in [3.63, 3.8) is 0 Å². The standard InChI is InChI=1S/C16H28OSe/c1-12(2)6-5-9-18-11-16-8-7-13(10-14(16)17)15(16,3)4/h5-6,12-14,17H,7-11H2,1-4H3/b6-5+/t13-,14-,16-/m1/s1. The van der Waals surface area contributed by atoms with E-state index in [-0.39, 0.29) is 11.5 Å². The zero-order chi connectivity index (χ0) is 13.4. The van der Waals surface area contributed by atoms with Gasteiger partial charge in [-0.1, -0.05) is 0 Å². The molecule has 2 heteroatoms. The summed E-state index contributed by atoms with van der Waals surface area (Å²) in [5, 5.41) is 12.9. The van der Waals surface area contributed by atoms with Gasteiger partial charge in [0.1, 0.15) is 0 Å². The van der Waals surface area contributed by atoms with Crippen LogP contribution in [0.15, 0.2) is 12.2 Å². The van der Waals surface area contributed by atoms with Crippen molar-refractivity contribution in [1.82, 2.24) is 0 Å². The van der Waals surface area contributed by atoms with Crippen molar-refractivity contribution < 1.29 is 5.11 Å². The maximum absolute atomic E-state index is 10.4. The average molecular weight is 315 g/mol. The predicted molar refractivity (Wildman–Crippen MR) is 78.9 cm³/mol. The Morgan fingerprint density at radius 1 is 1.39 bits per heavy atom. The Kier molecular flexibility index (Phi) is 4.31. The predicted octanol–water partition coefficient (Wildman–Crippen LogP) is 3.93. The van der Waals surface area contributed by atoms with Gasteiger partial charge in [0.2, 0.25) is 0 Å². The van der Waals surface area contributed by atoms with Crippen LogP contribution in [0.4, 0.5) is 0 Å². The molecule has 18 heavy (non-hydrogen) atoms. The Hall–Kier alpha value is 0.219. The molecule has 0 aliphatic heterocycles. The number of rotatable bonds is 5. The fourth-order valence-electron chi connectivity index (χ4n) is 4.02. The molecular formula is C16H28OSe. The summed E-state index contributed by atoms with van der Waals surface area (Å²) in [6.07, 6.45) is 8.31. The van der Waals surface area contributed by atoms with Gasteiger partial charge in [-0.15, -0.1) is 0 Å². The van der Waals surface area contributed by atoms with Crippen LogP contribution in [-0.4, -0.2) is 26.2 Å². The van der Waals surface area contributed by atoms with Crippen LogP contribution in [0, 0.1) is 22.7 Å². The van der Waals surface area contributed by atoms with Gasteiger partial charge in [-0.25, -0.2) is 0 Å². The minimum absolute atomic E-state index is 0.0257. The Balaban J connectivity index is 1.91. The molecule has 2 bridgehead atoms. The molecule has 1 N–H and O–H groups in total. The first-order valence-corrected chi connectivity index (χ1v) is 9.75. The van der Waals surface area contributed by atoms with Gasteiger partial charge in [0.15, 0.2) is 0 Å². The molecule has 0 aromatic carbocycles. The zero-order valence-corrected chi connectivity index (χ0v) is 14.0. The molecule has 1 nitrogen and oxygen atoms in total. The summed E-state index contributed by atoms with van der Waals surface area (Å²) >= 11 is 0.656. The number of hydrogen-bond acceptors (Lipinski definition) is 1. The van der Waals surface area contributed by atoms with E-state index in [2.05, 4.69) is 39.8 Å². The minimum atomic E-state index is -0.0257. The normalized spacial score (nSPS) is 38.1. The van der Waals surface area contributed by atoms with E-state index in [9.17, 15) is 5.11 Å². The number of allylic oxidation sites excluding steroid dienone is 2. The summed E-state index contributed by atoms with van der Waals surface area (Å²) in [5.74, 6) is 1.44. The van der Waals surface area contributed by atoms with Gasteiger partial charge in [-0.05, 0) is 0 Å². The third kappa shape index (κ3) is 2.32. The van der Waals surface area contributed by atoms with Crippen LogP contribution in [0.1, 0.15) is 47.0 Å². The molecule has 0 aromatic heterocycles. The molecular weight excluding hydrogens is 287 g/mol. The van der Waals surface area contributed by atoms with Crippen LogP contribution in [0.2, 0.25) is 10.6 Å². The van der Waals surface area contributed by atoms with Crippen molar-refractivity contribution in [1.29, 1.82) is 0 Å². The second kappa shape index (κ2) is 5.31. The number of aliphatic hydroxyl groups excluding tert-OH is 1. The maximum atomic E-state index is 10.4. The van der Waals surface area contributed by atoms with E-state index in [0.29, 0.717) is 26.3 Å². The van der Waals surface area contributed by atoms with Gasteiger partial charge >= 0.3 is 119 Å². The second-order valence-corrected chi connectivity index (χ2v) is 9.21. The summed E-state index contributed by atoms with van der Waals surface area (Å²) in [7, 11) is 0. The first-order chi connectivity index (χ1) is 8.40. The van der Waals surface area contributed by atoms with E-state index in [1.807, 2.05) is 0 Å². The number of aliphatic hydroxyl groups is 1. The van der Waals surface area contributed by atoms with Crippen LogP contribution >= 0.6 is 0 Å². The summed E-state index contributed by atoms with van der Waals surface area (Å²) in [6, 6.07) is 0. The number of hydrogen-bond donors (Lipinski definition) is 1. The molecule has 2 aliphatic rings. The van der Waals surface area contributed by atoms with Crippen molar-refractivity contribution in [3.8, 4) is 0 Å². The Morgan fingerprint density at radius 2 is 2.11 bits per heavy atom. The number of fused-ring (bicyclic) bond motifs is 2. The van der Waals surface area contributed by atoms with Crippen molar-refractivity contribution in [2.24, 2.45) is 22.7 Å². The molecule has 3 atom stereocenters. The van der Waals surface area contributed by atoms with Crippen molar-refractivity contribution in [3.05, 3.63) is 12.2 Å². The van der Waals surface area contributed by atoms with E-state index in [1.54, 1.807) is 0 Å². The summed E-state index contributed by atoms with van der Waals surface area (Å²) in [5.41, 5.74) is 0.624. The first-order valence-electron chi connectivity index (χ1n) is 7.32. The monoisotopic (exact) mass is 316 g/mol. The molecule has 2 rings (SSSR count). The molecule has 0 heterocycles. The van der Waals surface area contributed by atoms with Gasteiger partial charge in [-0.2, -0.15) is 0 Å². The van der Waals surface area contributed by atoms with Crippen LogP contribution < -0.4 is 0 Å². The Labute approximate surface area is 119 Å². The Bertz CT molecular complexity index is 321. The van der Waals surface area contributed by atoms with Crippen LogP contribution in [0.5, 0.6) is 0 Å². The van der Waals surface area contributed by atoms with Crippen LogP contribution in [0.3, 0.4) is 0 Å². The van der Waals surface area contributed by atoms with Crippen LogP contribution in [0.25, 0.3) is 0 Å². The third-order valence-corrected chi connectivity index (χ3v) is 7.89. The average Bonchev–Trinajstić information content (AvgIpc) is 2.62. The molecule has 2 aliphatic carbocycles. The molecule has 2 saturated carbocycles. The first kappa shape index (κ1) is 14.6.